The van der Waals surface area contributed by atoms with Crippen LogP contribution in [0.2, 0.25) is 18.6 Å². The van der Waals surface area contributed by atoms with Crippen molar-refractivity contribution in [3.8, 4) is 0 Å². The summed E-state index contributed by atoms with van der Waals surface area (Å²) in [5.41, 5.74) is 8.61. The maximum absolute atomic E-state index is 14.9. The molecule has 0 aliphatic carbocycles. The average molecular weight is 445 g/mol. The molecule has 1 aliphatic rings. The smallest absolute Gasteiger partial charge is 0.255 e. The molecule has 1 amide bonds. The van der Waals surface area contributed by atoms with Gasteiger partial charge in [0.2, 0.25) is 8.41 Å². The number of hydrogen-bond acceptors (Lipinski definition) is 4. The molecule has 0 spiro atoms. The van der Waals surface area contributed by atoms with Gasteiger partial charge in [-0.25, -0.2) is 0 Å². The Kier molecular flexibility index (Phi) is 7.51. The van der Waals surface area contributed by atoms with Gasteiger partial charge in [-0.3, -0.25) is 4.79 Å². The van der Waals surface area contributed by atoms with E-state index in [1.165, 1.54) is 0 Å². The third-order valence-electron chi connectivity index (χ3n) is 6.21. The molecule has 3 rings (SSSR count). The molecule has 0 radical (unpaired) electrons. The minimum absolute atomic E-state index is 0.00558. The van der Waals surface area contributed by atoms with Crippen LogP contribution in [-0.4, -0.2) is 38.2 Å². The number of halogens is 1. The van der Waals surface area contributed by atoms with Gasteiger partial charge >= 0.3 is 0 Å². The zero-order valence-electron chi connectivity index (χ0n) is 18.5. The van der Waals surface area contributed by atoms with E-state index in [0.717, 1.165) is 24.1 Å². The van der Waals surface area contributed by atoms with Gasteiger partial charge in [0.25, 0.3) is 5.91 Å². The molecule has 0 unspecified atom stereocenters. The zero-order valence-corrected chi connectivity index (χ0v) is 19.5. The van der Waals surface area contributed by atoms with Gasteiger partial charge in [-0.1, -0.05) is 19.1 Å². The predicted octanol–water partition coefficient (Wildman–Crippen LogP) is 4.78. The maximum atomic E-state index is 14.9. The number of nitrogens with one attached hydrogen (secondary N) is 1. The van der Waals surface area contributed by atoms with E-state index in [9.17, 15) is 14.0 Å². The van der Waals surface area contributed by atoms with Crippen LogP contribution in [0, 0.1) is 5.92 Å². The highest BCUT2D eigenvalue weighted by Gasteiger charge is 2.50. The summed E-state index contributed by atoms with van der Waals surface area (Å²) >= 11 is 0. The number of rotatable bonds is 8. The molecule has 2 aromatic rings. The summed E-state index contributed by atoms with van der Waals surface area (Å²) in [5, 5.41) is 12.2. The second-order valence-corrected chi connectivity index (χ2v) is 12.8. The fraction of sp³-hybridized carbons (Fsp3) is 0.458. The summed E-state index contributed by atoms with van der Waals surface area (Å²) in [7, 11) is -2.88. The number of aryl methyl sites for hydroxylation is 1. The normalized spacial score (nSPS) is 23.6. The van der Waals surface area contributed by atoms with E-state index in [-0.39, 0.29) is 36.2 Å². The van der Waals surface area contributed by atoms with Crippen LogP contribution in [0.5, 0.6) is 0 Å². The van der Waals surface area contributed by atoms with E-state index in [4.69, 9.17) is 10.5 Å². The number of carbonyl (C=O) groups excluding carboxylic acids is 1. The van der Waals surface area contributed by atoms with Crippen molar-refractivity contribution in [3.63, 3.8) is 0 Å². The van der Waals surface area contributed by atoms with E-state index in [2.05, 4.69) is 12.2 Å². The Morgan fingerprint density at radius 3 is 2.32 bits per heavy atom. The lowest BCUT2D eigenvalue weighted by Gasteiger charge is -2.28. The number of nitrogen functional groups attached to an aromatic ring is 1. The summed E-state index contributed by atoms with van der Waals surface area (Å²) in [6.07, 6.45) is 1.92. The predicted molar refractivity (Wildman–Crippen MR) is 125 cm³/mol. The molecule has 4 N–H and O–H groups in total. The number of nitrogens with two attached hydrogens (primary N) is 1. The standard InChI is InChI=1S/C24H33FN2O3Si/c1-16-21(30-22(14-15-28)23(16)31(2,3)25)13-6-17-4-11-20(12-5-17)27-24(29)18-7-9-19(26)10-8-18/h4-5,7-12,16,21-23,28H,6,13-15,26H2,1-3H3,(H,27,29)/t16-,21+,22-,23+/m0/s1. The number of aliphatic hydroxyl groups is 1. The van der Waals surface area contributed by atoms with Crippen LogP contribution in [0.4, 0.5) is 15.5 Å². The van der Waals surface area contributed by atoms with Crippen LogP contribution >= 0.6 is 0 Å². The van der Waals surface area contributed by atoms with Gasteiger partial charge in [-0.15, -0.1) is 0 Å². The maximum Gasteiger partial charge on any atom is 0.255 e. The van der Waals surface area contributed by atoms with Gasteiger partial charge in [0.05, 0.1) is 12.2 Å². The van der Waals surface area contributed by atoms with Gasteiger partial charge < -0.3 is 25.0 Å². The molecule has 1 saturated heterocycles. The number of benzene rings is 2. The molecular formula is C24H33FN2O3Si. The summed E-state index contributed by atoms with van der Waals surface area (Å²) in [6.45, 7) is 5.58. The summed E-state index contributed by atoms with van der Waals surface area (Å²) in [6, 6.07) is 14.6. The first-order chi connectivity index (χ1) is 14.7. The van der Waals surface area contributed by atoms with Crippen LogP contribution in [0.1, 0.15) is 35.7 Å². The molecule has 1 aliphatic heterocycles. The van der Waals surface area contributed by atoms with Crippen LogP contribution in [0.15, 0.2) is 48.5 Å². The number of ether oxygens (including phenoxy) is 1. The third kappa shape index (κ3) is 5.93. The van der Waals surface area contributed by atoms with E-state index in [0.29, 0.717) is 17.7 Å². The average Bonchev–Trinajstić information content (AvgIpc) is 3.03. The highest BCUT2D eigenvalue weighted by Crippen LogP contribution is 2.46. The van der Waals surface area contributed by atoms with Gasteiger partial charge in [0.15, 0.2) is 0 Å². The molecule has 1 fully saturated rings. The Bertz CT molecular complexity index is 868. The van der Waals surface area contributed by atoms with Crippen LogP contribution in [0.25, 0.3) is 0 Å². The summed E-state index contributed by atoms with van der Waals surface area (Å²) < 4.78 is 21.1. The minimum atomic E-state index is -2.88. The van der Waals surface area contributed by atoms with Crippen LogP contribution in [0.3, 0.4) is 0 Å². The molecular weight excluding hydrogens is 411 g/mol. The molecule has 4 atom stereocenters. The lowest BCUT2D eigenvalue weighted by atomic mass is 9.95. The van der Waals surface area contributed by atoms with Crippen molar-refractivity contribution in [2.45, 2.75) is 57.0 Å². The number of amides is 1. The first-order valence-corrected chi connectivity index (χ1v) is 13.9. The van der Waals surface area contributed by atoms with Crippen molar-refractivity contribution < 1.29 is 18.7 Å². The van der Waals surface area contributed by atoms with Crippen molar-refractivity contribution in [3.05, 3.63) is 59.7 Å². The molecule has 0 bridgehead atoms. The fourth-order valence-electron chi connectivity index (χ4n) is 4.68. The minimum Gasteiger partial charge on any atom is -0.399 e. The lowest BCUT2D eigenvalue weighted by molar-refractivity contribution is 0.0193. The molecule has 168 valence electrons. The summed E-state index contributed by atoms with van der Waals surface area (Å²) in [5.74, 6) is -0.0402. The Hall–Kier alpha value is -2.22. The molecule has 0 aromatic heterocycles. The molecule has 1 heterocycles. The van der Waals surface area contributed by atoms with E-state index in [1.54, 1.807) is 37.4 Å². The van der Waals surface area contributed by atoms with Gasteiger partial charge in [0, 0.05) is 29.1 Å². The second-order valence-electron chi connectivity index (χ2n) is 8.99. The van der Waals surface area contributed by atoms with Crippen molar-refractivity contribution >= 4 is 25.7 Å². The molecule has 31 heavy (non-hydrogen) atoms. The summed E-state index contributed by atoms with van der Waals surface area (Å²) in [4.78, 5) is 12.3. The molecule has 7 heteroatoms. The van der Waals surface area contributed by atoms with Gasteiger partial charge in [-0.2, -0.15) is 0 Å². The van der Waals surface area contributed by atoms with Gasteiger partial charge in [-0.05, 0) is 80.2 Å². The second kappa shape index (κ2) is 9.93. The number of anilines is 2. The van der Waals surface area contributed by atoms with E-state index >= 15 is 0 Å². The first-order valence-electron chi connectivity index (χ1n) is 10.9. The topological polar surface area (TPSA) is 84.6 Å². The molecule has 2 aromatic carbocycles. The van der Waals surface area contributed by atoms with Crippen molar-refractivity contribution in [1.29, 1.82) is 0 Å². The van der Waals surface area contributed by atoms with E-state index < -0.39 is 8.41 Å². The molecule has 5 nitrogen and oxygen atoms in total. The quantitative estimate of drug-likeness (QED) is 0.311. The Balaban J connectivity index is 1.56. The Morgan fingerprint density at radius 1 is 1.10 bits per heavy atom. The Morgan fingerprint density at radius 2 is 1.74 bits per heavy atom. The monoisotopic (exact) mass is 444 g/mol. The highest BCUT2D eigenvalue weighted by atomic mass is 28.4. The van der Waals surface area contributed by atoms with Crippen molar-refractivity contribution in [2.24, 2.45) is 5.92 Å². The van der Waals surface area contributed by atoms with Crippen LogP contribution < -0.4 is 11.1 Å². The van der Waals surface area contributed by atoms with Crippen LogP contribution in [-0.2, 0) is 11.2 Å². The van der Waals surface area contributed by atoms with Gasteiger partial charge in [0.1, 0.15) is 0 Å². The fourth-order valence-corrected chi connectivity index (χ4v) is 7.27. The van der Waals surface area contributed by atoms with E-state index in [1.807, 2.05) is 24.3 Å². The Labute approximate surface area is 185 Å². The lowest BCUT2D eigenvalue weighted by Crippen LogP contribution is -2.36. The van der Waals surface area contributed by atoms with Crippen molar-refractivity contribution in [1.82, 2.24) is 0 Å². The third-order valence-corrected chi connectivity index (χ3v) is 8.69. The largest absolute Gasteiger partial charge is 0.399 e. The highest BCUT2D eigenvalue weighted by molar-refractivity contribution is 6.72. The SMILES string of the molecule is C[C@@H]1[C@@H]([Si](C)(C)F)[C@H](CCO)O[C@@H]1CCc1ccc(NC(=O)c2ccc(N)cc2)cc1. The number of aliphatic hydroxyl groups excluding tert-OH is 1. The number of carbonyl (C=O) groups is 1. The first kappa shape index (κ1) is 23.4. The zero-order chi connectivity index (χ0) is 22.6. The number of hydrogen-bond donors (Lipinski definition) is 3. The van der Waals surface area contributed by atoms with Crippen molar-refractivity contribution in [2.75, 3.05) is 17.7 Å². The molecule has 0 saturated carbocycles.